The Morgan fingerprint density at radius 2 is 2.10 bits per heavy atom. The zero-order valence-electron chi connectivity index (χ0n) is 13.0. The summed E-state index contributed by atoms with van der Waals surface area (Å²) in [4.78, 5) is 24.7. The molecule has 0 saturated carbocycles. The molecule has 0 bridgehead atoms. The molecule has 0 unspecified atom stereocenters. The molecule has 1 aromatic rings. The van der Waals surface area contributed by atoms with E-state index in [1.165, 1.54) is 0 Å². The van der Waals surface area contributed by atoms with Crippen LogP contribution in [0.4, 0.5) is 11.8 Å². The molecule has 0 aromatic carbocycles. The first kappa shape index (κ1) is 15.5. The van der Waals surface area contributed by atoms with Crippen LogP contribution >= 0.6 is 0 Å². The highest BCUT2D eigenvalue weighted by Crippen LogP contribution is 2.12. The number of carbonyl (C=O) groups excluding carboxylic acids is 1. The van der Waals surface area contributed by atoms with Crippen molar-refractivity contribution in [1.29, 1.82) is 0 Å². The Labute approximate surface area is 125 Å². The summed E-state index contributed by atoms with van der Waals surface area (Å²) in [6, 6.07) is 1.90. The van der Waals surface area contributed by atoms with Crippen molar-refractivity contribution in [1.82, 2.24) is 20.2 Å². The van der Waals surface area contributed by atoms with Crippen LogP contribution in [0.1, 0.15) is 12.6 Å². The van der Waals surface area contributed by atoms with Gasteiger partial charge in [-0.2, -0.15) is 4.98 Å². The summed E-state index contributed by atoms with van der Waals surface area (Å²) in [6.07, 6.45) is 0.837. The molecular formula is C14H24N6O. The second-order valence-corrected chi connectivity index (χ2v) is 5.28. The predicted octanol–water partition coefficient (Wildman–Crippen LogP) is -0.0513. The van der Waals surface area contributed by atoms with Crippen LogP contribution in [0.5, 0.6) is 0 Å². The Morgan fingerprint density at radius 3 is 2.71 bits per heavy atom. The van der Waals surface area contributed by atoms with Gasteiger partial charge in [-0.05, 0) is 6.42 Å². The van der Waals surface area contributed by atoms with Gasteiger partial charge in [0, 0.05) is 52.0 Å². The second-order valence-electron chi connectivity index (χ2n) is 5.28. The van der Waals surface area contributed by atoms with E-state index in [0.29, 0.717) is 11.8 Å². The highest BCUT2D eigenvalue weighted by Gasteiger charge is 2.16. The minimum absolute atomic E-state index is 0.111. The zero-order valence-corrected chi connectivity index (χ0v) is 13.0. The van der Waals surface area contributed by atoms with Crippen molar-refractivity contribution in [3.05, 3.63) is 11.8 Å². The quantitative estimate of drug-likeness (QED) is 0.793. The third kappa shape index (κ3) is 4.29. The van der Waals surface area contributed by atoms with Gasteiger partial charge in [-0.1, -0.05) is 6.92 Å². The molecule has 1 aliphatic heterocycles. The van der Waals surface area contributed by atoms with Crippen molar-refractivity contribution in [2.75, 3.05) is 57.0 Å². The highest BCUT2D eigenvalue weighted by atomic mass is 16.2. The normalized spacial score (nSPS) is 14.9. The summed E-state index contributed by atoms with van der Waals surface area (Å²) in [5.74, 6) is 1.47. The molecule has 2 heterocycles. The summed E-state index contributed by atoms with van der Waals surface area (Å²) in [6.45, 7) is 5.60. The lowest BCUT2D eigenvalue weighted by molar-refractivity contribution is -0.129. The van der Waals surface area contributed by atoms with Gasteiger partial charge in [0.1, 0.15) is 5.82 Å². The lowest BCUT2D eigenvalue weighted by atomic mass is 10.3. The topological polar surface area (TPSA) is 73.4 Å². The first-order valence-corrected chi connectivity index (χ1v) is 7.37. The Kier molecular flexibility index (Phi) is 5.32. The fraction of sp³-hybridized carbons (Fsp3) is 0.643. The van der Waals surface area contributed by atoms with Crippen LogP contribution < -0.4 is 15.5 Å². The highest BCUT2D eigenvalue weighted by molar-refractivity contribution is 5.80. The molecule has 21 heavy (non-hydrogen) atoms. The average Bonchev–Trinajstić information content (AvgIpc) is 2.53. The van der Waals surface area contributed by atoms with Crippen molar-refractivity contribution in [3.63, 3.8) is 0 Å². The number of aromatic nitrogens is 2. The maximum absolute atomic E-state index is 12.1. The van der Waals surface area contributed by atoms with E-state index in [2.05, 4.69) is 27.5 Å². The van der Waals surface area contributed by atoms with E-state index < -0.39 is 0 Å². The molecular weight excluding hydrogens is 268 g/mol. The molecule has 7 nitrogen and oxygen atoms in total. The number of carbonyl (C=O) groups is 1. The van der Waals surface area contributed by atoms with Gasteiger partial charge < -0.3 is 20.4 Å². The van der Waals surface area contributed by atoms with Crippen LogP contribution in [0.25, 0.3) is 0 Å². The standard InChI is InChI=1S/C14H24N6O/c1-4-11-9-12(18-14(17-11)19(2)3)16-10-13(21)20-7-5-15-6-8-20/h9,15H,4-8,10H2,1-3H3,(H,16,17,18). The molecule has 116 valence electrons. The van der Waals surface area contributed by atoms with Crippen LogP contribution in [0.15, 0.2) is 6.07 Å². The van der Waals surface area contributed by atoms with Gasteiger partial charge in [-0.25, -0.2) is 4.98 Å². The lowest BCUT2D eigenvalue weighted by Crippen LogP contribution is -2.48. The fourth-order valence-electron chi connectivity index (χ4n) is 2.15. The summed E-state index contributed by atoms with van der Waals surface area (Å²) >= 11 is 0. The van der Waals surface area contributed by atoms with Crippen LogP contribution in [0.2, 0.25) is 0 Å². The molecule has 1 aliphatic rings. The third-order valence-corrected chi connectivity index (χ3v) is 3.42. The Hall–Kier alpha value is -1.89. The largest absolute Gasteiger partial charge is 0.361 e. The van der Waals surface area contributed by atoms with Crippen LogP contribution in [-0.4, -0.2) is 67.6 Å². The molecule has 2 N–H and O–H groups in total. The molecule has 7 heteroatoms. The van der Waals surface area contributed by atoms with Crippen LogP contribution in [0.3, 0.4) is 0 Å². The first-order chi connectivity index (χ1) is 10.1. The van der Waals surface area contributed by atoms with Gasteiger partial charge in [0.05, 0.1) is 6.54 Å². The van der Waals surface area contributed by atoms with Gasteiger partial charge in [0.25, 0.3) is 0 Å². The number of hydrogen-bond donors (Lipinski definition) is 2. The van der Waals surface area contributed by atoms with Crippen LogP contribution in [-0.2, 0) is 11.2 Å². The van der Waals surface area contributed by atoms with E-state index in [0.717, 1.165) is 38.3 Å². The Bertz CT molecular complexity index is 484. The smallest absolute Gasteiger partial charge is 0.242 e. The molecule has 0 radical (unpaired) electrons. The number of rotatable bonds is 5. The van der Waals surface area contributed by atoms with E-state index in [1.54, 1.807) is 0 Å². The molecule has 1 aromatic heterocycles. The first-order valence-electron chi connectivity index (χ1n) is 7.37. The van der Waals surface area contributed by atoms with E-state index in [-0.39, 0.29) is 12.5 Å². The second kappa shape index (κ2) is 7.21. The molecule has 0 atom stereocenters. The van der Waals surface area contributed by atoms with Gasteiger partial charge in [0.15, 0.2) is 0 Å². The molecule has 2 rings (SSSR count). The van der Waals surface area contributed by atoms with E-state index in [1.807, 2.05) is 30.0 Å². The van der Waals surface area contributed by atoms with Gasteiger partial charge in [-0.15, -0.1) is 0 Å². The number of nitrogens with zero attached hydrogens (tertiary/aromatic N) is 4. The third-order valence-electron chi connectivity index (χ3n) is 3.42. The Morgan fingerprint density at radius 1 is 1.38 bits per heavy atom. The minimum Gasteiger partial charge on any atom is -0.361 e. The number of nitrogens with one attached hydrogen (secondary N) is 2. The van der Waals surface area contributed by atoms with E-state index in [9.17, 15) is 4.79 Å². The number of amides is 1. The summed E-state index contributed by atoms with van der Waals surface area (Å²) in [7, 11) is 3.81. The number of aryl methyl sites for hydroxylation is 1. The molecule has 1 fully saturated rings. The minimum atomic E-state index is 0.111. The summed E-state index contributed by atoms with van der Waals surface area (Å²) in [5, 5.41) is 6.36. The molecule has 0 aliphatic carbocycles. The Balaban J connectivity index is 1.98. The van der Waals surface area contributed by atoms with Crippen molar-refractivity contribution in [2.45, 2.75) is 13.3 Å². The average molecular weight is 292 g/mol. The van der Waals surface area contributed by atoms with E-state index in [4.69, 9.17) is 0 Å². The molecule has 0 spiro atoms. The van der Waals surface area contributed by atoms with Crippen molar-refractivity contribution >= 4 is 17.7 Å². The SMILES string of the molecule is CCc1cc(NCC(=O)N2CCNCC2)nc(N(C)C)n1. The number of piperazine rings is 1. The summed E-state index contributed by atoms with van der Waals surface area (Å²) < 4.78 is 0. The van der Waals surface area contributed by atoms with Crippen molar-refractivity contribution in [3.8, 4) is 0 Å². The van der Waals surface area contributed by atoms with Gasteiger partial charge >= 0.3 is 0 Å². The van der Waals surface area contributed by atoms with Gasteiger partial charge in [-0.3, -0.25) is 4.79 Å². The molecule has 1 amide bonds. The lowest BCUT2D eigenvalue weighted by Gasteiger charge is -2.27. The zero-order chi connectivity index (χ0) is 15.2. The molecule has 1 saturated heterocycles. The van der Waals surface area contributed by atoms with Crippen molar-refractivity contribution < 1.29 is 4.79 Å². The monoisotopic (exact) mass is 292 g/mol. The number of anilines is 2. The fourth-order valence-corrected chi connectivity index (χ4v) is 2.15. The van der Waals surface area contributed by atoms with E-state index >= 15 is 0 Å². The van der Waals surface area contributed by atoms with Crippen molar-refractivity contribution in [2.24, 2.45) is 0 Å². The number of hydrogen-bond acceptors (Lipinski definition) is 6. The predicted molar refractivity (Wildman–Crippen MR) is 83.7 cm³/mol. The maximum Gasteiger partial charge on any atom is 0.242 e. The van der Waals surface area contributed by atoms with Gasteiger partial charge in [0.2, 0.25) is 11.9 Å². The van der Waals surface area contributed by atoms with Crippen LogP contribution in [0, 0.1) is 0 Å². The maximum atomic E-state index is 12.1. The summed E-state index contributed by atoms with van der Waals surface area (Å²) in [5.41, 5.74) is 0.964.